The van der Waals surface area contributed by atoms with Gasteiger partial charge in [-0.2, -0.15) is 0 Å². The van der Waals surface area contributed by atoms with Crippen LogP contribution in [-0.2, 0) is 12.8 Å². The molecule has 0 amide bonds. The van der Waals surface area contributed by atoms with E-state index >= 15 is 0 Å². The zero-order chi connectivity index (χ0) is 25.7. The van der Waals surface area contributed by atoms with E-state index in [-0.39, 0.29) is 15.9 Å². The number of fused-ring (bicyclic) bond motifs is 5. The van der Waals surface area contributed by atoms with E-state index in [1.54, 1.807) is 29.9 Å². The molecule has 3 aromatic carbocycles. The van der Waals surface area contributed by atoms with Crippen LogP contribution in [0.15, 0.2) is 96.6 Å². The molecular formula is C29H20FNO5S. The molecule has 0 saturated heterocycles. The maximum absolute atomic E-state index is 14.1. The first-order valence-corrected chi connectivity index (χ1v) is 12.4. The highest BCUT2D eigenvalue weighted by Crippen LogP contribution is 2.42. The summed E-state index contributed by atoms with van der Waals surface area (Å²) in [6.07, 6.45) is 1.15. The number of pyridine rings is 1. The normalized spacial score (nSPS) is 12.3. The van der Waals surface area contributed by atoms with Crippen LogP contribution in [0.1, 0.15) is 11.1 Å². The van der Waals surface area contributed by atoms with Gasteiger partial charge in [0.1, 0.15) is 21.8 Å². The van der Waals surface area contributed by atoms with Crippen LogP contribution in [-0.4, -0.2) is 16.8 Å². The highest BCUT2D eigenvalue weighted by Gasteiger charge is 2.30. The number of ether oxygens (including phenoxy) is 1. The fourth-order valence-electron chi connectivity index (χ4n) is 4.83. The number of hydrogen-bond acceptors (Lipinski definition) is 6. The van der Waals surface area contributed by atoms with Crippen molar-refractivity contribution in [3.8, 4) is 28.4 Å². The number of para-hydroxylation sites is 1. The minimum Gasteiger partial charge on any atom is -0.505 e. The van der Waals surface area contributed by atoms with Gasteiger partial charge in [0.05, 0.1) is 12.8 Å². The van der Waals surface area contributed by atoms with Crippen molar-refractivity contribution in [3.63, 3.8) is 0 Å². The molecule has 2 aromatic heterocycles. The summed E-state index contributed by atoms with van der Waals surface area (Å²) >= 11 is 0.850. The van der Waals surface area contributed by atoms with Gasteiger partial charge in [0.15, 0.2) is 11.3 Å². The number of rotatable bonds is 4. The second kappa shape index (κ2) is 8.97. The SMILES string of the molecule is COc1ccc2c(c1)-c1c(c3oc(=O)c(Sc4cccc(F)c4)c(O)c3c(=O)n1-c1ccccc1)CC2. The Bertz CT molecular complexity index is 1810. The average Bonchev–Trinajstić information content (AvgIpc) is 2.91. The first-order valence-electron chi connectivity index (χ1n) is 11.6. The second-order valence-electron chi connectivity index (χ2n) is 8.66. The minimum absolute atomic E-state index is 0.0618. The summed E-state index contributed by atoms with van der Waals surface area (Å²) in [7, 11) is 1.57. The number of aromatic hydroxyl groups is 1. The molecule has 1 aliphatic rings. The molecule has 1 N–H and O–H groups in total. The van der Waals surface area contributed by atoms with E-state index in [1.807, 2.05) is 36.4 Å². The van der Waals surface area contributed by atoms with Crippen molar-refractivity contribution in [2.24, 2.45) is 0 Å². The van der Waals surface area contributed by atoms with E-state index in [9.17, 15) is 19.1 Å². The highest BCUT2D eigenvalue weighted by molar-refractivity contribution is 7.99. The van der Waals surface area contributed by atoms with Crippen molar-refractivity contribution >= 4 is 22.7 Å². The van der Waals surface area contributed by atoms with Crippen molar-refractivity contribution in [1.82, 2.24) is 4.57 Å². The molecule has 0 atom stereocenters. The number of nitrogens with zero attached hydrogens (tertiary/aromatic N) is 1. The van der Waals surface area contributed by atoms with Gasteiger partial charge >= 0.3 is 5.63 Å². The molecular weight excluding hydrogens is 493 g/mol. The Balaban J connectivity index is 1.71. The minimum atomic E-state index is -0.797. The van der Waals surface area contributed by atoms with Gasteiger partial charge in [-0.05, 0) is 60.9 Å². The van der Waals surface area contributed by atoms with Gasteiger partial charge in [-0.15, -0.1) is 0 Å². The lowest BCUT2D eigenvalue weighted by molar-refractivity contribution is 0.414. The number of aryl methyl sites for hydroxylation is 2. The Kier molecular flexibility index (Phi) is 5.61. The van der Waals surface area contributed by atoms with Gasteiger partial charge in [0.25, 0.3) is 5.56 Å². The summed E-state index contributed by atoms with van der Waals surface area (Å²) < 4.78 is 26.5. The third kappa shape index (κ3) is 3.81. The third-order valence-corrected chi connectivity index (χ3v) is 7.56. The lowest BCUT2D eigenvalue weighted by Crippen LogP contribution is -2.25. The fourth-order valence-corrected chi connectivity index (χ4v) is 5.71. The van der Waals surface area contributed by atoms with Crippen LogP contribution in [0.2, 0.25) is 0 Å². The van der Waals surface area contributed by atoms with E-state index < -0.39 is 22.8 Å². The van der Waals surface area contributed by atoms with Crippen molar-refractivity contribution in [2.45, 2.75) is 22.6 Å². The predicted octanol–water partition coefficient (Wildman–Crippen LogP) is 5.71. The van der Waals surface area contributed by atoms with Gasteiger partial charge in [-0.1, -0.05) is 42.1 Å². The summed E-state index contributed by atoms with van der Waals surface area (Å²) in [5, 5.41) is 11.2. The highest BCUT2D eigenvalue weighted by atomic mass is 32.2. The van der Waals surface area contributed by atoms with Crippen LogP contribution in [0, 0.1) is 5.82 Å². The predicted molar refractivity (Wildman–Crippen MR) is 140 cm³/mol. The van der Waals surface area contributed by atoms with Crippen LogP contribution >= 0.6 is 11.8 Å². The van der Waals surface area contributed by atoms with E-state index in [0.29, 0.717) is 40.4 Å². The summed E-state index contributed by atoms with van der Waals surface area (Å²) in [4.78, 5) is 27.4. The molecule has 6 rings (SSSR count). The average molecular weight is 514 g/mol. The zero-order valence-electron chi connectivity index (χ0n) is 19.7. The first kappa shape index (κ1) is 23.1. The monoisotopic (exact) mass is 513 g/mol. The van der Waals surface area contributed by atoms with Crippen LogP contribution in [0.25, 0.3) is 27.9 Å². The second-order valence-corrected chi connectivity index (χ2v) is 9.74. The maximum Gasteiger partial charge on any atom is 0.354 e. The largest absolute Gasteiger partial charge is 0.505 e. The molecule has 0 aliphatic heterocycles. The van der Waals surface area contributed by atoms with Crippen LogP contribution in [0.3, 0.4) is 0 Å². The fraction of sp³-hybridized carbons (Fsp3) is 0.103. The summed E-state index contributed by atoms with van der Waals surface area (Å²) in [5.41, 5.74) is 2.40. The number of aromatic nitrogens is 1. The molecule has 0 saturated carbocycles. The van der Waals surface area contributed by atoms with Crippen LogP contribution < -0.4 is 15.9 Å². The van der Waals surface area contributed by atoms with Gasteiger partial charge in [-0.3, -0.25) is 9.36 Å². The maximum atomic E-state index is 14.1. The van der Waals surface area contributed by atoms with Gasteiger partial charge < -0.3 is 14.3 Å². The molecule has 1 aliphatic carbocycles. The summed E-state index contributed by atoms with van der Waals surface area (Å²) in [5.74, 6) is -0.330. The Morgan fingerprint density at radius 1 is 1.00 bits per heavy atom. The van der Waals surface area contributed by atoms with Gasteiger partial charge in [-0.25, -0.2) is 9.18 Å². The zero-order valence-corrected chi connectivity index (χ0v) is 20.5. The smallest absolute Gasteiger partial charge is 0.354 e. The van der Waals surface area contributed by atoms with E-state index in [0.717, 1.165) is 22.9 Å². The lowest BCUT2D eigenvalue weighted by Gasteiger charge is -2.25. The lowest BCUT2D eigenvalue weighted by atomic mass is 9.87. The molecule has 184 valence electrons. The number of benzene rings is 3. The molecule has 0 radical (unpaired) electrons. The molecule has 6 nitrogen and oxygen atoms in total. The Labute approximate surface area is 214 Å². The van der Waals surface area contributed by atoms with Crippen molar-refractivity contribution in [3.05, 3.63) is 111 Å². The molecule has 2 heterocycles. The summed E-state index contributed by atoms with van der Waals surface area (Å²) in [6, 6.07) is 20.4. The molecule has 5 aromatic rings. The Hall–Kier alpha value is -4.30. The number of methoxy groups -OCH3 is 1. The van der Waals surface area contributed by atoms with E-state index in [4.69, 9.17) is 9.15 Å². The molecule has 0 unspecified atom stereocenters. The van der Waals surface area contributed by atoms with Crippen molar-refractivity contribution in [1.29, 1.82) is 0 Å². The first-order chi connectivity index (χ1) is 18.0. The molecule has 0 bridgehead atoms. The van der Waals surface area contributed by atoms with Gasteiger partial charge in [0.2, 0.25) is 0 Å². The molecule has 0 spiro atoms. The quantitative estimate of drug-likeness (QED) is 0.331. The van der Waals surface area contributed by atoms with E-state index in [2.05, 4.69) is 0 Å². The number of hydrogen-bond donors (Lipinski definition) is 1. The van der Waals surface area contributed by atoms with Crippen LogP contribution in [0.4, 0.5) is 4.39 Å². The molecule has 0 fully saturated rings. The summed E-state index contributed by atoms with van der Waals surface area (Å²) in [6.45, 7) is 0. The van der Waals surface area contributed by atoms with Crippen molar-refractivity contribution < 1.29 is 18.7 Å². The van der Waals surface area contributed by atoms with Crippen molar-refractivity contribution in [2.75, 3.05) is 7.11 Å². The van der Waals surface area contributed by atoms with Gasteiger partial charge in [0, 0.05) is 21.7 Å². The Morgan fingerprint density at radius 2 is 1.81 bits per heavy atom. The molecule has 8 heteroatoms. The Morgan fingerprint density at radius 3 is 2.57 bits per heavy atom. The molecule has 37 heavy (non-hydrogen) atoms. The number of halogens is 1. The third-order valence-electron chi connectivity index (χ3n) is 6.51. The van der Waals surface area contributed by atoms with Crippen LogP contribution in [0.5, 0.6) is 11.5 Å². The van der Waals surface area contributed by atoms with E-state index in [1.165, 1.54) is 18.2 Å². The topological polar surface area (TPSA) is 81.7 Å². The standard InChI is InChI=1S/C29H20FNO5S/c1-35-19-12-10-16-11-13-21-24(22(16)15-19)31(18-7-3-2-4-8-18)28(33)23-25(32)27(29(34)36-26(21)23)37-20-9-5-6-17(30)14-20/h2-10,12,14-15,32H,11,13H2,1H3.